The molecular formula is C16H21N3O. The highest BCUT2D eigenvalue weighted by Crippen LogP contribution is 2.28. The Morgan fingerprint density at radius 1 is 1.30 bits per heavy atom. The maximum atomic E-state index is 5.80. The van der Waals surface area contributed by atoms with Crippen molar-refractivity contribution in [2.45, 2.75) is 45.3 Å². The Morgan fingerprint density at radius 2 is 2.10 bits per heavy atom. The van der Waals surface area contributed by atoms with E-state index in [0.717, 1.165) is 22.7 Å². The molecule has 0 radical (unpaired) electrons. The summed E-state index contributed by atoms with van der Waals surface area (Å²) < 4.78 is 7.87. The molecule has 0 aliphatic heterocycles. The molecular weight excluding hydrogens is 250 g/mol. The second-order valence-corrected chi connectivity index (χ2v) is 5.53. The highest BCUT2D eigenvalue weighted by molar-refractivity contribution is 5.49. The summed E-state index contributed by atoms with van der Waals surface area (Å²) in [6, 6.07) is 8.37. The zero-order valence-electron chi connectivity index (χ0n) is 11.9. The normalized spacial score (nSPS) is 15.7. The number of rotatable bonds is 4. The third-order valence-corrected chi connectivity index (χ3v) is 3.99. The van der Waals surface area contributed by atoms with Crippen molar-refractivity contribution in [1.82, 2.24) is 9.78 Å². The van der Waals surface area contributed by atoms with E-state index in [2.05, 4.69) is 16.0 Å². The Bertz CT molecular complexity index is 585. The van der Waals surface area contributed by atoms with E-state index in [4.69, 9.17) is 10.5 Å². The van der Waals surface area contributed by atoms with Crippen molar-refractivity contribution in [1.29, 1.82) is 0 Å². The highest BCUT2D eigenvalue weighted by atomic mass is 16.5. The molecule has 106 valence electrons. The topological polar surface area (TPSA) is 53.1 Å². The van der Waals surface area contributed by atoms with Gasteiger partial charge in [-0.3, -0.25) is 4.68 Å². The predicted molar refractivity (Wildman–Crippen MR) is 79.7 cm³/mol. The van der Waals surface area contributed by atoms with Gasteiger partial charge in [-0.05, 0) is 49.6 Å². The van der Waals surface area contributed by atoms with Gasteiger partial charge < -0.3 is 10.5 Å². The fourth-order valence-electron chi connectivity index (χ4n) is 2.72. The Hall–Kier alpha value is -1.97. The van der Waals surface area contributed by atoms with E-state index in [0.29, 0.717) is 12.6 Å². The Balaban J connectivity index is 1.61. The van der Waals surface area contributed by atoms with Crippen LogP contribution < -0.4 is 10.5 Å². The Kier molecular flexibility index (Phi) is 3.63. The molecule has 0 unspecified atom stereocenters. The second-order valence-electron chi connectivity index (χ2n) is 5.53. The quantitative estimate of drug-likeness (QED) is 0.866. The number of aryl methyl sites for hydroxylation is 1. The number of benzene rings is 1. The number of nitrogens with two attached hydrogens (primary N) is 1. The van der Waals surface area contributed by atoms with Gasteiger partial charge in [0, 0.05) is 11.9 Å². The zero-order chi connectivity index (χ0) is 13.9. The summed E-state index contributed by atoms with van der Waals surface area (Å²) >= 11 is 0. The molecule has 1 aliphatic carbocycles. The van der Waals surface area contributed by atoms with Gasteiger partial charge in [-0.1, -0.05) is 12.8 Å². The molecule has 4 nitrogen and oxygen atoms in total. The molecule has 1 aromatic carbocycles. The molecule has 1 aliphatic rings. The minimum absolute atomic E-state index is 0.503. The van der Waals surface area contributed by atoms with E-state index in [1.54, 1.807) is 0 Å². The van der Waals surface area contributed by atoms with Crippen LogP contribution in [0.25, 0.3) is 0 Å². The van der Waals surface area contributed by atoms with Gasteiger partial charge in [0.1, 0.15) is 12.4 Å². The first-order valence-electron chi connectivity index (χ1n) is 7.25. The maximum absolute atomic E-state index is 5.80. The molecule has 1 saturated carbocycles. The third kappa shape index (κ3) is 2.79. The Morgan fingerprint density at radius 3 is 2.85 bits per heavy atom. The number of nitrogens with zero attached hydrogens (tertiary/aromatic N) is 2. The summed E-state index contributed by atoms with van der Waals surface area (Å²) in [4.78, 5) is 0. The van der Waals surface area contributed by atoms with Crippen molar-refractivity contribution in [3.05, 3.63) is 41.7 Å². The predicted octanol–water partition coefficient (Wildman–Crippen LogP) is 3.47. The molecule has 0 amide bonds. The van der Waals surface area contributed by atoms with Gasteiger partial charge in [0.2, 0.25) is 0 Å². The molecule has 0 bridgehead atoms. The lowest BCUT2D eigenvalue weighted by atomic mass is 10.2. The van der Waals surface area contributed by atoms with Gasteiger partial charge in [0.25, 0.3) is 0 Å². The average molecular weight is 271 g/mol. The van der Waals surface area contributed by atoms with E-state index >= 15 is 0 Å². The van der Waals surface area contributed by atoms with E-state index < -0.39 is 0 Å². The summed E-state index contributed by atoms with van der Waals surface area (Å²) in [5.41, 5.74) is 8.61. The molecule has 20 heavy (non-hydrogen) atoms. The lowest BCUT2D eigenvalue weighted by molar-refractivity contribution is 0.298. The van der Waals surface area contributed by atoms with Crippen molar-refractivity contribution < 1.29 is 4.74 Å². The molecule has 2 aromatic rings. The van der Waals surface area contributed by atoms with Crippen molar-refractivity contribution in [2.24, 2.45) is 0 Å². The smallest absolute Gasteiger partial charge is 0.132 e. The molecule has 1 fully saturated rings. The molecule has 3 rings (SSSR count). The fraction of sp³-hybridized carbons (Fsp3) is 0.438. The Labute approximate surface area is 119 Å². The van der Waals surface area contributed by atoms with Crippen LogP contribution in [0.1, 0.15) is 43.0 Å². The van der Waals surface area contributed by atoms with Crippen molar-refractivity contribution >= 4 is 5.69 Å². The van der Waals surface area contributed by atoms with Crippen molar-refractivity contribution in [3.8, 4) is 5.75 Å². The largest absolute Gasteiger partial charge is 0.487 e. The molecule has 2 N–H and O–H groups in total. The second kappa shape index (κ2) is 5.57. The number of anilines is 1. The lowest BCUT2D eigenvalue weighted by Gasteiger charge is -2.09. The highest BCUT2D eigenvalue weighted by Gasteiger charge is 2.17. The number of hydrogen-bond donors (Lipinski definition) is 1. The van der Waals surface area contributed by atoms with Gasteiger partial charge in [-0.25, -0.2) is 0 Å². The van der Waals surface area contributed by atoms with Crippen molar-refractivity contribution in [2.75, 3.05) is 5.73 Å². The van der Waals surface area contributed by atoms with Gasteiger partial charge >= 0.3 is 0 Å². The van der Waals surface area contributed by atoms with Gasteiger partial charge in [0.15, 0.2) is 0 Å². The maximum Gasteiger partial charge on any atom is 0.132 e. The SMILES string of the molecule is Cc1cc(OCc2ccn(C3CCCC3)n2)ccc1N. The van der Waals surface area contributed by atoms with Crippen LogP contribution >= 0.6 is 0 Å². The molecule has 0 atom stereocenters. The van der Waals surface area contributed by atoms with E-state index in [9.17, 15) is 0 Å². The number of hydrogen-bond acceptors (Lipinski definition) is 3. The lowest BCUT2D eigenvalue weighted by Crippen LogP contribution is -2.06. The van der Waals surface area contributed by atoms with Gasteiger partial charge in [0.05, 0.1) is 11.7 Å². The van der Waals surface area contributed by atoms with Gasteiger partial charge in [-0.2, -0.15) is 5.10 Å². The molecule has 4 heteroatoms. The minimum Gasteiger partial charge on any atom is -0.487 e. The average Bonchev–Trinajstić information content (AvgIpc) is 3.09. The summed E-state index contributed by atoms with van der Waals surface area (Å²) in [6.45, 7) is 2.49. The van der Waals surface area contributed by atoms with Crippen LogP contribution in [0, 0.1) is 6.92 Å². The first-order valence-corrected chi connectivity index (χ1v) is 7.25. The summed E-state index contributed by atoms with van der Waals surface area (Å²) in [5.74, 6) is 0.840. The van der Waals surface area contributed by atoms with Crippen LogP contribution in [0.3, 0.4) is 0 Å². The minimum atomic E-state index is 0.503. The van der Waals surface area contributed by atoms with E-state index in [1.807, 2.05) is 31.2 Å². The summed E-state index contributed by atoms with van der Waals surface area (Å²) in [5, 5.41) is 4.61. The van der Waals surface area contributed by atoms with E-state index in [1.165, 1.54) is 25.7 Å². The number of nitrogen functional groups attached to an aromatic ring is 1. The number of ether oxygens (including phenoxy) is 1. The first-order chi connectivity index (χ1) is 9.72. The molecule has 0 saturated heterocycles. The van der Waals surface area contributed by atoms with Gasteiger partial charge in [-0.15, -0.1) is 0 Å². The molecule has 1 aromatic heterocycles. The fourth-order valence-corrected chi connectivity index (χ4v) is 2.72. The van der Waals surface area contributed by atoms with Crippen LogP contribution in [0.15, 0.2) is 30.5 Å². The number of aromatic nitrogens is 2. The monoisotopic (exact) mass is 271 g/mol. The van der Waals surface area contributed by atoms with Crippen LogP contribution in [0.5, 0.6) is 5.75 Å². The first kappa shape index (κ1) is 13.0. The van der Waals surface area contributed by atoms with E-state index in [-0.39, 0.29) is 0 Å². The van der Waals surface area contributed by atoms with Crippen LogP contribution in [0.2, 0.25) is 0 Å². The van der Waals surface area contributed by atoms with Crippen molar-refractivity contribution in [3.63, 3.8) is 0 Å². The molecule has 0 spiro atoms. The zero-order valence-corrected chi connectivity index (χ0v) is 11.9. The van der Waals surface area contributed by atoms with Crippen LogP contribution in [0.4, 0.5) is 5.69 Å². The summed E-state index contributed by atoms with van der Waals surface area (Å²) in [7, 11) is 0. The summed E-state index contributed by atoms with van der Waals surface area (Å²) in [6.07, 6.45) is 7.21. The third-order valence-electron chi connectivity index (χ3n) is 3.99. The van der Waals surface area contributed by atoms with Crippen LogP contribution in [-0.2, 0) is 6.61 Å². The standard InChI is InChI=1S/C16H21N3O/c1-12-10-15(6-7-16(12)17)20-11-13-8-9-19(18-13)14-4-2-3-5-14/h6-10,14H,2-5,11,17H2,1H3. The molecule has 1 heterocycles. The van der Waals surface area contributed by atoms with Crippen LogP contribution in [-0.4, -0.2) is 9.78 Å².